The van der Waals surface area contributed by atoms with Gasteiger partial charge in [0.2, 0.25) is 0 Å². The van der Waals surface area contributed by atoms with Crippen LogP contribution in [0.15, 0.2) is 24.3 Å². The fourth-order valence-corrected chi connectivity index (χ4v) is 2.19. The number of carbonyl (C=O) groups is 1. The highest BCUT2D eigenvalue weighted by molar-refractivity contribution is 5.73. The maximum Gasteiger partial charge on any atom is 0.315 e. The summed E-state index contributed by atoms with van der Waals surface area (Å²) in [5.74, 6) is 2.05. The van der Waals surface area contributed by atoms with Crippen molar-refractivity contribution in [3.05, 3.63) is 29.8 Å². The summed E-state index contributed by atoms with van der Waals surface area (Å²) in [6.45, 7) is 6.27. The minimum absolute atomic E-state index is 0.0876. The Balaban J connectivity index is 1.71. The Bertz CT molecular complexity index is 456. The molecule has 0 radical (unpaired) electrons. The van der Waals surface area contributed by atoms with Gasteiger partial charge in [-0.3, -0.25) is 0 Å². The molecule has 2 rings (SSSR count). The van der Waals surface area contributed by atoms with Gasteiger partial charge >= 0.3 is 6.03 Å². The lowest BCUT2D eigenvalue weighted by Crippen LogP contribution is -2.39. The van der Waals surface area contributed by atoms with Crippen LogP contribution >= 0.6 is 0 Å². The van der Waals surface area contributed by atoms with E-state index in [0.717, 1.165) is 17.9 Å². The van der Waals surface area contributed by atoms with Crippen molar-refractivity contribution in [2.75, 3.05) is 13.2 Å². The molecule has 0 bridgehead atoms. The summed E-state index contributed by atoms with van der Waals surface area (Å²) >= 11 is 0. The van der Waals surface area contributed by atoms with Crippen LogP contribution in [0.25, 0.3) is 0 Å². The molecule has 1 fully saturated rings. The quantitative estimate of drug-likeness (QED) is 0.809. The van der Waals surface area contributed by atoms with Crippen molar-refractivity contribution in [3.63, 3.8) is 0 Å². The first-order chi connectivity index (χ1) is 10.1. The van der Waals surface area contributed by atoms with Crippen LogP contribution < -0.4 is 15.4 Å². The van der Waals surface area contributed by atoms with E-state index in [1.807, 2.05) is 24.3 Å². The second kappa shape index (κ2) is 7.91. The standard InChI is InChI=1S/C17H26N2O2/c1-13(2)12-21-16-8-4-7-15(9-16)11-19-17(20)18-10-14-5-3-6-14/h4,7-9,13-14H,3,5-6,10-12H2,1-2H3,(H2,18,19,20). The number of ether oxygens (including phenoxy) is 1. The Hall–Kier alpha value is -1.71. The highest BCUT2D eigenvalue weighted by atomic mass is 16.5. The molecular weight excluding hydrogens is 264 g/mol. The molecule has 0 aromatic heterocycles. The Morgan fingerprint density at radius 2 is 2.14 bits per heavy atom. The van der Waals surface area contributed by atoms with Gasteiger partial charge in [0.1, 0.15) is 5.75 Å². The van der Waals surface area contributed by atoms with Crippen LogP contribution in [0.2, 0.25) is 0 Å². The van der Waals surface area contributed by atoms with E-state index < -0.39 is 0 Å². The third kappa shape index (κ3) is 5.66. The third-order valence-electron chi connectivity index (χ3n) is 3.71. The lowest BCUT2D eigenvalue weighted by atomic mass is 9.85. The molecule has 1 aliphatic carbocycles. The lowest BCUT2D eigenvalue weighted by Gasteiger charge is -2.25. The molecule has 1 aromatic rings. The number of carbonyl (C=O) groups excluding carboxylic acids is 1. The molecule has 2 amide bonds. The zero-order chi connectivity index (χ0) is 15.1. The van der Waals surface area contributed by atoms with Crippen LogP contribution in [0.3, 0.4) is 0 Å². The second-order valence-corrected chi connectivity index (χ2v) is 6.21. The van der Waals surface area contributed by atoms with E-state index in [1.165, 1.54) is 19.3 Å². The highest BCUT2D eigenvalue weighted by Crippen LogP contribution is 2.25. The number of hydrogen-bond donors (Lipinski definition) is 2. The monoisotopic (exact) mass is 290 g/mol. The summed E-state index contributed by atoms with van der Waals surface area (Å²) in [5, 5.41) is 5.82. The van der Waals surface area contributed by atoms with Crippen LogP contribution in [-0.4, -0.2) is 19.2 Å². The lowest BCUT2D eigenvalue weighted by molar-refractivity contribution is 0.232. The molecule has 0 atom stereocenters. The summed E-state index contributed by atoms with van der Waals surface area (Å²) in [4.78, 5) is 11.7. The van der Waals surface area contributed by atoms with Crippen molar-refractivity contribution in [2.45, 2.75) is 39.7 Å². The van der Waals surface area contributed by atoms with Crippen molar-refractivity contribution in [2.24, 2.45) is 11.8 Å². The molecule has 4 nitrogen and oxygen atoms in total. The van der Waals surface area contributed by atoms with Crippen LogP contribution in [0.1, 0.15) is 38.7 Å². The first-order valence-electron chi connectivity index (χ1n) is 7.87. The zero-order valence-corrected chi connectivity index (χ0v) is 13.0. The maximum atomic E-state index is 11.7. The molecule has 0 unspecified atom stereocenters. The smallest absolute Gasteiger partial charge is 0.315 e. The first kappa shape index (κ1) is 15.7. The number of amides is 2. The first-order valence-corrected chi connectivity index (χ1v) is 7.87. The van der Waals surface area contributed by atoms with E-state index >= 15 is 0 Å². The van der Waals surface area contributed by atoms with E-state index in [-0.39, 0.29) is 6.03 Å². The van der Waals surface area contributed by atoms with Crippen LogP contribution in [-0.2, 0) is 6.54 Å². The number of hydrogen-bond acceptors (Lipinski definition) is 2. The Labute approximate surface area is 127 Å². The van der Waals surface area contributed by atoms with Crippen molar-refractivity contribution < 1.29 is 9.53 Å². The molecule has 116 valence electrons. The van der Waals surface area contributed by atoms with E-state index in [2.05, 4.69) is 24.5 Å². The zero-order valence-electron chi connectivity index (χ0n) is 13.0. The molecule has 0 spiro atoms. The minimum atomic E-state index is -0.0876. The molecule has 4 heteroatoms. The predicted octanol–water partition coefficient (Wildman–Crippen LogP) is 3.32. The number of rotatable bonds is 7. The van der Waals surface area contributed by atoms with E-state index in [1.54, 1.807) is 0 Å². The average molecular weight is 290 g/mol. The van der Waals surface area contributed by atoms with E-state index in [4.69, 9.17) is 4.74 Å². The Morgan fingerprint density at radius 3 is 2.81 bits per heavy atom. The number of urea groups is 1. The van der Waals surface area contributed by atoms with E-state index in [0.29, 0.717) is 25.0 Å². The highest BCUT2D eigenvalue weighted by Gasteiger charge is 2.17. The molecule has 1 aromatic carbocycles. The summed E-state index contributed by atoms with van der Waals surface area (Å²) in [6.07, 6.45) is 3.79. The Morgan fingerprint density at radius 1 is 1.33 bits per heavy atom. The van der Waals surface area contributed by atoms with E-state index in [9.17, 15) is 4.79 Å². The van der Waals surface area contributed by atoms with Gasteiger partial charge in [-0.2, -0.15) is 0 Å². The Kier molecular flexibility index (Phi) is 5.90. The van der Waals surface area contributed by atoms with Gasteiger partial charge in [0.25, 0.3) is 0 Å². The predicted molar refractivity (Wildman–Crippen MR) is 84.4 cm³/mol. The van der Waals surface area contributed by atoms with Crippen LogP contribution in [0.4, 0.5) is 4.79 Å². The van der Waals surface area contributed by atoms with Crippen LogP contribution in [0.5, 0.6) is 5.75 Å². The van der Waals surface area contributed by atoms with Gasteiger partial charge in [0, 0.05) is 13.1 Å². The molecule has 1 saturated carbocycles. The maximum absolute atomic E-state index is 11.7. The third-order valence-corrected chi connectivity index (χ3v) is 3.71. The average Bonchev–Trinajstić information content (AvgIpc) is 2.42. The molecule has 0 aliphatic heterocycles. The fourth-order valence-electron chi connectivity index (χ4n) is 2.19. The van der Waals surface area contributed by atoms with Crippen LogP contribution in [0, 0.1) is 11.8 Å². The summed E-state index contributed by atoms with van der Waals surface area (Å²) < 4.78 is 5.69. The van der Waals surface area contributed by atoms with Gasteiger partial charge in [-0.05, 0) is 42.4 Å². The second-order valence-electron chi connectivity index (χ2n) is 6.21. The largest absolute Gasteiger partial charge is 0.493 e. The van der Waals surface area contributed by atoms with Gasteiger partial charge in [0.15, 0.2) is 0 Å². The van der Waals surface area contributed by atoms with Gasteiger partial charge in [-0.25, -0.2) is 4.79 Å². The molecular formula is C17H26N2O2. The van der Waals surface area contributed by atoms with Crippen molar-refractivity contribution >= 4 is 6.03 Å². The van der Waals surface area contributed by atoms with Gasteiger partial charge < -0.3 is 15.4 Å². The minimum Gasteiger partial charge on any atom is -0.493 e. The fraction of sp³-hybridized carbons (Fsp3) is 0.588. The number of nitrogens with one attached hydrogen (secondary N) is 2. The normalized spacial score (nSPS) is 14.6. The van der Waals surface area contributed by atoms with Gasteiger partial charge in [-0.1, -0.05) is 32.4 Å². The molecule has 0 heterocycles. The molecule has 21 heavy (non-hydrogen) atoms. The summed E-state index contributed by atoms with van der Waals surface area (Å²) in [6, 6.07) is 7.79. The topological polar surface area (TPSA) is 50.4 Å². The molecule has 0 saturated heterocycles. The SMILES string of the molecule is CC(C)COc1cccc(CNC(=O)NCC2CCC2)c1. The molecule has 2 N–H and O–H groups in total. The van der Waals surface area contributed by atoms with Gasteiger partial charge in [-0.15, -0.1) is 0 Å². The number of benzene rings is 1. The van der Waals surface area contributed by atoms with Gasteiger partial charge in [0.05, 0.1) is 6.61 Å². The van der Waals surface area contributed by atoms with Crippen molar-refractivity contribution in [1.29, 1.82) is 0 Å². The van der Waals surface area contributed by atoms with Crippen molar-refractivity contribution in [3.8, 4) is 5.75 Å². The summed E-state index contributed by atoms with van der Waals surface area (Å²) in [7, 11) is 0. The summed E-state index contributed by atoms with van der Waals surface area (Å²) in [5.41, 5.74) is 1.05. The molecule has 1 aliphatic rings. The van der Waals surface area contributed by atoms with Crippen molar-refractivity contribution in [1.82, 2.24) is 10.6 Å².